The van der Waals surface area contributed by atoms with Crippen LogP contribution < -0.4 is 10.3 Å². The minimum atomic E-state index is -0.171. The summed E-state index contributed by atoms with van der Waals surface area (Å²) in [5.74, 6) is 0.434. The number of piperazine rings is 1. The van der Waals surface area contributed by atoms with Gasteiger partial charge in [-0.3, -0.25) is 4.90 Å². The lowest BCUT2D eigenvalue weighted by Crippen LogP contribution is -2.52. The summed E-state index contributed by atoms with van der Waals surface area (Å²) in [7, 11) is 0. The molecule has 6 rings (SSSR count). The minimum Gasteiger partial charge on any atom is -0.377 e. The number of piperidine rings is 1. The molecule has 4 aliphatic heterocycles. The van der Waals surface area contributed by atoms with Crippen LogP contribution in [0.15, 0.2) is 59.8 Å². The van der Waals surface area contributed by atoms with Crippen LogP contribution in [0.2, 0.25) is 5.02 Å². The quantitative estimate of drug-likeness (QED) is 0.531. The van der Waals surface area contributed by atoms with Gasteiger partial charge in [0.25, 0.3) is 0 Å². The van der Waals surface area contributed by atoms with Gasteiger partial charge in [-0.1, -0.05) is 23.7 Å². The molecule has 1 N–H and O–H groups in total. The van der Waals surface area contributed by atoms with Crippen molar-refractivity contribution in [1.82, 2.24) is 20.5 Å². The molecule has 2 saturated heterocycles. The van der Waals surface area contributed by atoms with Crippen molar-refractivity contribution in [3.8, 4) is 0 Å². The van der Waals surface area contributed by atoms with Crippen molar-refractivity contribution in [2.45, 2.75) is 44.1 Å². The number of rotatable bonds is 7. The molecule has 204 valence electrons. The van der Waals surface area contributed by atoms with Crippen molar-refractivity contribution in [3.63, 3.8) is 0 Å². The normalized spacial score (nSPS) is 23.8. The molecular weight excluding hydrogens is 501 g/mol. The number of benzene rings is 2. The predicted octanol–water partition coefficient (Wildman–Crippen LogP) is 5.04. The molecule has 0 saturated carbocycles. The number of hydrazine groups is 2. The average Bonchev–Trinajstić information content (AvgIpc) is 3.33. The molecule has 0 radical (unpaired) electrons. The van der Waals surface area contributed by atoms with Crippen molar-refractivity contribution in [2.24, 2.45) is 0 Å². The molecule has 1 atom stereocenters. The SMILES string of the molecule is Fc1ccc(N2CCN(CCCC3NN(N4CCC(c5ccc(Cl)cc5)CC4)C4=C3COCC4)CC2)cc1. The first-order valence-corrected chi connectivity index (χ1v) is 14.6. The highest BCUT2D eigenvalue weighted by atomic mass is 35.5. The molecule has 2 fully saturated rings. The zero-order chi connectivity index (χ0) is 25.9. The van der Waals surface area contributed by atoms with Gasteiger partial charge in [0.15, 0.2) is 0 Å². The summed E-state index contributed by atoms with van der Waals surface area (Å²) in [6, 6.07) is 15.7. The molecule has 2 aromatic rings. The minimum absolute atomic E-state index is 0.171. The van der Waals surface area contributed by atoms with Crippen LogP contribution in [-0.2, 0) is 4.74 Å². The van der Waals surface area contributed by atoms with Crippen molar-refractivity contribution < 1.29 is 9.13 Å². The number of nitrogens with zero attached hydrogens (tertiary/aromatic N) is 4. The van der Waals surface area contributed by atoms with E-state index < -0.39 is 0 Å². The Labute approximate surface area is 230 Å². The maximum Gasteiger partial charge on any atom is 0.123 e. The monoisotopic (exact) mass is 539 g/mol. The molecule has 2 aromatic carbocycles. The Kier molecular flexibility index (Phi) is 8.19. The van der Waals surface area contributed by atoms with E-state index in [2.05, 4.69) is 37.5 Å². The van der Waals surface area contributed by atoms with Gasteiger partial charge < -0.3 is 9.64 Å². The second-order valence-corrected chi connectivity index (χ2v) is 11.4. The molecular formula is C30H39ClFN5O. The second-order valence-electron chi connectivity index (χ2n) is 11.0. The molecule has 8 heteroatoms. The molecule has 0 aromatic heterocycles. The van der Waals surface area contributed by atoms with E-state index >= 15 is 0 Å². The molecule has 38 heavy (non-hydrogen) atoms. The Hall–Kier alpha value is -2.16. The van der Waals surface area contributed by atoms with Gasteiger partial charge in [0.1, 0.15) is 5.82 Å². The van der Waals surface area contributed by atoms with Gasteiger partial charge >= 0.3 is 0 Å². The molecule has 4 heterocycles. The van der Waals surface area contributed by atoms with Crippen LogP contribution >= 0.6 is 11.6 Å². The van der Waals surface area contributed by atoms with Crippen LogP contribution in [-0.4, -0.2) is 80.1 Å². The number of halogens is 2. The number of nitrogens with one attached hydrogen (secondary N) is 1. The van der Waals surface area contributed by atoms with Crippen LogP contribution in [0.5, 0.6) is 0 Å². The fourth-order valence-corrected chi connectivity index (χ4v) is 6.59. The highest BCUT2D eigenvalue weighted by Crippen LogP contribution is 2.35. The lowest BCUT2D eigenvalue weighted by atomic mass is 9.90. The van der Waals surface area contributed by atoms with Crippen LogP contribution in [0.4, 0.5) is 10.1 Å². The van der Waals surface area contributed by atoms with E-state index in [1.54, 1.807) is 12.1 Å². The Morgan fingerprint density at radius 1 is 0.921 bits per heavy atom. The maximum atomic E-state index is 13.3. The van der Waals surface area contributed by atoms with E-state index in [0.717, 1.165) is 102 Å². The van der Waals surface area contributed by atoms with Gasteiger partial charge in [-0.25, -0.2) is 19.9 Å². The first-order chi connectivity index (χ1) is 18.6. The van der Waals surface area contributed by atoms with E-state index in [9.17, 15) is 4.39 Å². The standard InChI is InChI=1S/C30H39ClFN5O/c31-25-5-3-23(4-6-25)24-11-15-36(16-12-24)37-30-13-21-38-22-28(30)29(33-37)2-1-14-34-17-19-35(20-18-34)27-9-7-26(32)8-10-27/h3-10,24,29,33H,1-2,11-22H2. The van der Waals surface area contributed by atoms with Gasteiger partial charge in [-0.2, -0.15) is 0 Å². The predicted molar refractivity (Wildman–Crippen MR) is 151 cm³/mol. The fraction of sp³-hybridized carbons (Fsp3) is 0.533. The van der Waals surface area contributed by atoms with Crippen LogP contribution in [0.3, 0.4) is 0 Å². The Morgan fingerprint density at radius 3 is 2.39 bits per heavy atom. The maximum absolute atomic E-state index is 13.3. The first kappa shape index (κ1) is 26.1. The molecule has 0 amide bonds. The lowest BCUT2D eigenvalue weighted by Gasteiger charge is -2.40. The number of hydrogen-bond acceptors (Lipinski definition) is 6. The zero-order valence-corrected chi connectivity index (χ0v) is 22.9. The molecule has 1 unspecified atom stereocenters. The van der Waals surface area contributed by atoms with Gasteiger partial charge in [0.05, 0.1) is 25.0 Å². The third-order valence-electron chi connectivity index (χ3n) is 8.69. The van der Waals surface area contributed by atoms with Crippen molar-refractivity contribution in [2.75, 3.05) is 63.9 Å². The summed E-state index contributed by atoms with van der Waals surface area (Å²) < 4.78 is 19.2. The lowest BCUT2D eigenvalue weighted by molar-refractivity contribution is -0.0540. The largest absolute Gasteiger partial charge is 0.377 e. The Morgan fingerprint density at radius 2 is 1.66 bits per heavy atom. The summed E-state index contributed by atoms with van der Waals surface area (Å²) in [6.45, 7) is 8.90. The smallest absolute Gasteiger partial charge is 0.123 e. The van der Waals surface area contributed by atoms with E-state index in [-0.39, 0.29) is 5.82 Å². The van der Waals surface area contributed by atoms with Gasteiger partial charge in [-0.05, 0) is 85.7 Å². The van der Waals surface area contributed by atoms with Crippen LogP contribution in [0.25, 0.3) is 0 Å². The highest BCUT2D eigenvalue weighted by molar-refractivity contribution is 6.30. The summed E-state index contributed by atoms with van der Waals surface area (Å²) in [6.07, 6.45) is 5.60. The zero-order valence-electron chi connectivity index (χ0n) is 22.1. The van der Waals surface area contributed by atoms with Crippen molar-refractivity contribution in [1.29, 1.82) is 0 Å². The molecule has 0 spiro atoms. The third-order valence-corrected chi connectivity index (χ3v) is 8.94. The van der Waals surface area contributed by atoms with Crippen molar-refractivity contribution in [3.05, 3.63) is 76.2 Å². The molecule has 6 nitrogen and oxygen atoms in total. The summed E-state index contributed by atoms with van der Waals surface area (Å²) in [5.41, 5.74) is 9.29. The topological polar surface area (TPSA) is 34.2 Å². The third kappa shape index (κ3) is 5.87. The summed E-state index contributed by atoms with van der Waals surface area (Å²) in [4.78, 5) is 4.93. The molecule has 0 bridgehead atoms. The number of hydrogen-bond donors (Lipinski definition) is 1. The average molecular weight is 540 g/mol. The number of ether oxygens (including phenoxy) is 1. The second kappa shape index (κ2) is 11.9. The van der Waals surface area contributed by atoms with E-state index in [0.29, 0.717) is 12.0 Å². The van der Waals surface area contributed by atoms with Crippen LogP contribution in [0, 0.1) is 5.82 Å². The van der Waals surface area contributed by atoms with E-state index in [1.807, 2.05) is 24.3 Å². The highest BCUT2D eigenvalue weighted by Gasteiger charge is 2.37. The first-order valence-electron chi connectivity index (χ1n) is 14.2. The fourth-order valence-electron chi connectivity index (χ4n) is 6.47. The van der Waals surface area contributed by atoms with Gasteiger partial charge in [0.2, 0.25) is 0 Å². The molecule has 4 aliphatic rings. The molecule has 0 aliphatic carbocycles. The summed E-state index contributed by atoms with van der Waals surface area (Å²) in [5, 5.41) is 5.72. The Balaban J connectivity index is 0.985. The van der Waals surface area contributed by atoms with Gasteiger partial charge in [0, 0.05) is 56.4 Å². The van der Waals surface area contributed by atoms with Crippen LogP contribution in [0.1, 0.15) is 43.6 Å². The summed E-state index contributed by atoms with van der Waals surface area (Å²) >= 11 is 6.10. The number of anilines is 1. The van der Waals surface area contributed by atoms with E-state index in [1.165, 1.54) is 16.8 Å². The van der Waals surface area contributed by atoms with E-state index in [4.69, 9.17) is 16.3 Å². The van der Waals surface area contributed by atoms with Gasteiger partial charge in [-0.15, -0.1) is 0 Å². The van der Waals surface area contributed by atoms with Crippen molar-refractivity contribution >= 4 is 17.3 Å². The Bertz CT molecular complexity index is 1090.